The molecule has 4 aromatic rings. The third-order valence-corrected chi connectivity index (χ3v) is 5.54. The fourth-order valence-electron chi connectivity index (χ4n) is 4.08. The number of benzene rings is 2. The number of rotatable bonds is 4. The monoisotopic (exact) mass is 386 g/mol. The molecule has 0 bridgehead atoms. The van der Waals surface area contributed by atoms with E-state index in [9.17, 15) is 0 Å². The first kappa shape index (κ1) is 17.7. The maximum atomic E-state index is 6.23. The molecule has 6 heteroatoms. The van der Waals surface area contributed by atoms with Gasteiger partial charge in [-0.25, -0.2) is 9.50 Å². The Morgan fingerprint density at radius 3 is 2.59 bits per heavy atom. The maximum absolute atomic E-state index is 6.23. The van der Waals surface area contributed by atoms with Crippen LogP contribution in [0, 0.1) is 0 Å². The van der Waals surface area contributed by atoms with Crippen molar-refractivity contribution in [2.75, 3.05) is 14.2 Å². The highest BCUT2D eigenvalue weighted by Gasteiger charge is 2.24. The van der Waals surface area contributed by atoms with E-state index in [-0.39, 0.29) is 6.04 Å². The largest absolute Gasteiger partial charge is 0.493 e. The van der Waals surface area contributed by atoms with Gasteiger partial charge in [-0.2, -0.15) is 0 Å². The highest BCUT2D eigenvalue weighted by molar-refractivity contribution is 5.83. The average Bonchev–Trinajstić information content (AvgIpc) is 3.34. The fraction of sp³-hybridized carbons (Fsp3) is 0.217. The van der Waals surface area contributed by atoms with Crippen LogP contribution in [-0.2, 0) is 6.42 Å². The lowest BCUT2D eigenvalue weighted by Gasteiger charge is -2.09. The molecule has 29 heavy (non-hydrogen) atoms. The number of hydrogen-bond donors (Lipinski definition) is 1. The van der Waals surface area contributed by atoms with Gasteiger partial charge in [0.1, 0.15) is 5.69 Å². The van der Waals surface area contributed by atoms with Gasteiger partial charge in [0.05, 0.1) is 19.9 Å². The van der Waals surface area contributed by atoms with Crippen molar-refractivity contribution in [3.63, 3.8) is 0 Å². The summed E-state index contributed by atoms with van der Waals surface area (Å²) in [6.45, 7) is 0. The zero-order valence-electron chi connectivity index (χ0n) is 16.4. The van der Waals surface area contributed by atoms with Gasteiger partial charge in [0, 0.05) is 23.2 Å². The first-order valence-corrected chi connectivity index (χ1v) is 9.65. The smallest absolute Gasteiger partial charge is 0.235 e. The van der Waals surface area contributed by atoms with Gasteiger partial charge in [-0.3, -0.25) is 0 Å². The Morgan fingerprint density at radius 2 is 1.83 bits per heavy atom. The second-order valence-corrected chi connectivity index (χ2v) is 7.22. The fourth-order valence-corrected chi connectivity index (χ4v) is 4.08. The first-order chi connectivity index (χ1) is 14.2. The summed E-state index contributed by atoms with van der Waals surface area (Å²) in [6.07, 6.45) is 1.98. The molecule has 0 fully saturated rings. The van der Waals surface area contributed by atoms with Gasteiger partial charge in [0.25, 0.3) is 0 Å². The first-order valence-electron chi connectivity index (χ1n) is 9.65. The molecular formula is C23H22N4O2. The number of aryl methyl sites for hydroxylation is 1. The van der Waals surface area contributed by atoms with Gasteiger partial charge in [-0.1, -0.05) is 42.5 Å². The molecule has 2 heterocycles. The Hall–Kier alpha value is -3.38. The van der Waals surface area contributed by atoms with Crippen molar-refractivity contribution in [3.05, 3.63) is 65.7 Å². The van der Waals surface area contributed by atoms with Crippen LogP contribution < -0.4 is 15.2 Å². The predicted octanol–water partition coefficient (Wildman–Crippen LogP) is 4.03. The molecule has 6 nitrogen and oxygen atoms in total. The summed E-state index contributed by atoms with van der Waals surface area (Å²) < 4.78 is 12.8. The summed E-state index contributed by atoms with van der Waals surface area (Å²) >= 11 is 0. The Balaban J connectivity index is 1.81. The number of ether oxygens (including phenoxy) is 2. The van der Waals surface area contributed by atoms with Crippen molar-refractivity contribution in [1.29, 1.82) is 0 Å². The number of fused-ring (bicyclic) bond motifs is 2. The number of nitrogens with zero attached hydrogens (tertiary/aromatic N) is 3. The number of aromatic nitrogens is 3. The van der Waals surface area contributed by atoms with Crippen molar-refractivity contribution in [2.45, 2.75) is 18.9 Å². The minimum atomic E-state index is 0.125. The number of imidazole rings is 1. The molecule has 5 rings (SSSR count). The summed E-state index contributed by atoms with van der Waals surface area (Å²) in [4.78, 5) is 4.94. The van der Waals surface area contributed by atoms with Crippen LogP contribution in [0.1, 0.15) is 23.6 Å². The van der Waals surface area contributed by atoms with Crippen molar-refractivity contribution in [2.24, 2.45) is 5.73 Å². The lowest BCUT2D eigenvalue weighted by atomic mass is 10.0. The molecule has 2 N–H and O–H groups in total. The summed E-state index contributed by atoms with van der Waals surface area (Å²) in [5, 5.41) is 4.64. The van der Waals surface area contributed by atoms with Crippen LogP contribution in [0.15, 0.2) is 54.6 Å². The van der Waals surface area contributed by atoms with Gasteiger partial charge >= 0.3 is 0 Å². The van der Waals surface area contributed by atoms with Gasteiger partial charge in [0.15, 0.2) is 11.4 Å². The number of methoxy groups -OCH3 is 2. The van der Waals surface area contributed by atoms with Crippen LogP contribution in [0.4, 0.5) is 0 Å². The normalized spacial score (nSPS) is 15.5. The Kier molecular flexibility index (Phi) is 4.21. The predicted molar refractivity (Wildman–Crippen MR) is 112 cm³/mol. The number of nitrogens with two attached hydrogens (primary N) is 1. The third kappa shape index (κ3) is 2.84. The molecule has 0 radical (unpaired) electrons. The average molecular weight is 386 g/mol. The van der Waals surface area contributed by atoms with Gasteiger partial charge in [-0.15, -0.1) is 5.10 Å². The second kappa shape index (κ2) is 6.90. The van der Waals surface area contributed by atoms with E-state index in [1.54, 1.807) is 24.8 Å². The molecule has 0 amide bonds. The Labute approximate surface area is 168 Å². The second-order valence-electron chi connectivity index (χ2n) is 7.22. The van der Waals surface area contributed by atoms with E-state index in [1.807, 2.05) is 18.2 Å². The molecule has 1 aliphatic carbocycles. The molecule has 0 spiro atoms. The highest BCUT2D eigenvalue weighted by Crippen LogP contribution is 2.38. The van der Waals surface area contributed by atoms with Crippen LogP contribution in [0.3, 0.4) is 0 Å². The molecule has 146 valence electrons. The molecule has 2 aromatic carbocycles. The molecule has 0 saturated heterocycles. The summed E-state index contributed by atoms with van der Waals surface area (Å²) in [6, 6.07) is 18.5. The van der Waals surface area contributed by atoms with Crippen molar-refractivity contribution < 1.29 is 9.47 Å². The molecule has 0 saturated carbocycles. The summed E-state index contributed by atoms with van der Waals surface area (Å²) in [7, 11) is 3.22. The highest BCUT2D eigenvalue weighted by atomic mass is 16.5. The Morgan fingerprint density at radius 1 is 1.00 bits per heavy atom. The van der Waals surface area contributed by atoms with Crippen LogP contribution in [0.5, 0.6) is 11.6 Å². The molecule has 1 atom stereocenters. The van der Waals surface area contributed by atoms with Crippen molar-refractivity contribution >= 4 is 5.65 Å². The summed E-state index contributed by atoms with van der Waals surface area (Å²) in [5.41, 5.74) is 13.2. The van der Waals surface area contributed by atoms with Gasteiger partial charge < -0.3 is 15.2 Å². The standard InChI is InChI=1S/C23H22N4O2/c1-28-19-13-20(29-2)26-27-22(14-6-4-3-5-7-14)21(25-23(19)27)16-8-10-17-15(12-16)9-11-18(17)24/h3-8,10,12-13,18H,9,11,24H2,1-2H3. The minimum absolute atomic E-state index is 0.125. The van der Waals surface area contributed by atoms with E-state index in [1.165, 1.54) is 11.1 Å². The lowest BCUT2D eigenvalue weighted by Crippen LogP contribution is -2.04. The van der Waals surface area contributed by atoms with Crippen LogP contribution in [0.2, 0.25) is 0 Å². The van der Waals surface area contributed by atoms with Crippen LogP contribution in [-0.4, -0.2) is 28.8 Å². The van der Waals surface area contributed by atoms with E-state index in [4.69, 9.17) is 20.2 Å². The van der Waals surface area contributed by atoms with Crippen molar-refractivity contribution in [3.8, 4) is 34.1 Å². The Bertz CT molecular complexity index is 1200. The minimum Gasteiger partial charge on any atom is -0.493 e. The van der Waals surface area contributed by atoms with E-state index in [0.717, 1.165) is 35.4 Å². The topological polar surface area (TPSA) is 74.7 Å². The molecule has 0 aliphatic heterocycles. The van der Waals surface area contributed by atoms with E-state index >= 15 is 0 Å². The zero-order valence-corrected chi connectivity index (χ0v) is 16.4. The third-order valence-electron chi connectivity index (χ3n) is 5.54. The van der Waals surface area contributed by atoms with Crippen LogP contribution >= 0.6 is 0 Å². The van der Waals surface area contributed by atoms with Gasteiger partial charge in [0.2, 0.25) is 5.88 Å². The molecular weight excluding hydrogens is 364 g/mol. The van der Waals surface area contributed by atoms with Crippen LogP contribution in [0.25, 0.3) is 28.2 Å². The zero-order chi connectivity index (χ0) is 20.0. The molecule has 2 aromatic heterocycles. The SMILES string of the molecule is COc1cc(OC)c2nc(-c3ccc4c(c3)CCC4N)c(-c3ccccc3)n2n1. The van der Waals surface area contributed by atoms with E-state index in [0.29, 0.717) is 17.3 Å². The van der Waals surface area contributed by atoms with Crippen molar-refractivity contribution in [1.82, 2.24) is 14.6 Å². The maximum Gasteiger partial charge on any atom is 0.235 e. The number of hydrogen-bond acceptors (Lipinski definition) is 5. The quantitative estimate of drug-likeness (QED) is 0.573. The lowest BCUT2D eigenvalue weighted by molar-refractivity contribution is 0.375. The summed E-state index contributed by atoms with van der Waals surface area (Å²) in [5.74, 6) is 1.08. The van der Waals surface area contributed by atoms with E-state index in [2.05, 4.69) is 35.4 Å². The molecule has 1 unspecified atom stereocenters. The van der Waals surface area contributed by atoms with E-state index < -0.39 is 0 Å². The molecule has 1 aliphatic rings. The van der Waals surface area contributed by atoms with Gasteiger partial charge in [-0.05, 0) is 30.0 Å².